The van der Waals surface area contributed by atoms with Crippen molar-refractivity contribution in [2.45, 2.75) is 103 Å². The number of carbonyl (C=O) groups excluding carboxylic acids is 2. The fraction of sp³-hybridized carbons (Fsp3) is 0.692. The Kier molecular flexibility index (Phi) is 7.49. The van der Waals surface area contributed by atoms with Gasteiger partial charge in [-0.1, -0.05) is 32.6 Å². The monoisotopic (exact) mass is 473 g/mol. The van der Waals surface area contributed by atoms with Gasteiger partial charge >= 0.3 is 0 Å². The maximum Gasteiger partial charge on any atom is 0.271 e. The zero-order valence-electron chi connectivity index (χ0n) is 20.6. The predicted molar refractivity (Wildman–Crippen MR) is 134 cm³/mol. The van der Waals surface area contributed by atoms with E-state index in [9.17, 15) is 9.59 Å². The summed E-state index contributed by atoms with van der Waals surface area (Å²) in [6.07, 6.45) is 8.71. The molecule has 2 aromatic rings. The SMILES string of the molecule is CCc1cc2c(cc3n2CC(C)(C(=O)NC2CCCCCC2)N(CCCOC(C)C)C3=O)s1. The van der Waals surface area contributed by atoms with Gasteiger partial charge in [-0.15, -0.1) is 11.3 Å². The van der Waals surface area contributed by atoms with E-state index in [0.717, 1.165) is 42.3 Å². The molecule has 0 aromatic carbocycles. The highest BCUT2D eigenvalue weighted by molar-refractivity contribution is 7.19. The lowest BCUT2D eigenvalue weighted by molar-refractivity contribution is -0.133. The van der Waals surface area contributed by atoms with Gasteiger partial charge in [0.25, 0.3) is 5.91 Å². The topological polar surface area (TPSA) is 63.6 Å². The Morgan fingerprint density at radius 2 is 1.97 bits per heavy atom. The van der Waals surface area contributed by atoms with E-state index in [1.165, 1.54) is 17.7 Å². The van der Waals surface area contributed by atoms with Gasteiger partial charge in [0, 0.05) is 24.1 Å². The van der Waals surface area contributed by atoms with Gasteiger partial charge in [-0.25, -0.2) is 0 Å². The molecular formula is C26H39N3O3S. The van der Waals surface area contributed by atoms with Crippen molar-refractivity contribution in [1.29, 1.82) is 0 Å². The van der Waals surface area contributed by atoms with Crippen molar-refractivity contribution >= 4 is 33.4 Å². The van der Waals surface area contributed by atoms with Crippen LogP contribution in [0.25, 0.3) is 10.2 Å². The molecule has 4 rings (SSSR count). The van der Waals surface area contributed by atoms with E-state index in [2.05, 4.69) is 22.9 Å². The molecule has 1 unspecified atom stereocenters. The number of aryl methyl sites for hydroxylation is 1. The highest BCUT2D eigenvalue weighted by Crippen LogP contribution is 2.36. The van der Waals surface area contributed by atoms with Gasteiger partial charge in [0.05, 0.1) is 22.9 Å². The number of amides is 2. The van der Waals surface area contributed by atoms with Crippen molar-refractivity contribution in [2.24, 2.45) is 0 Å². The second-order valence-corrected chi connectivity index (χ2v) is 11.3. The Hall–Kier alpha value is -1.86. The van der Waals surface area contributed by atoms with Gasteiger partial charge in [-0.2, -0.15) is 0 Å². The van der Waals surface area contributed by atoms with Crippen molar-refractivity contribution in [2.75, 3.05) is 13.2 Å². The van der Waals surface area contributed by atoms with Gasteiger partial charge in [0.1, 0.15) is 11.2 Å². The molecule has 1 fully saturated rings. The number of hydrogen-bond donors (Lipinski definition) is 1. The molecule has 1 saturated carbocycles. The Labute approximate surface area is 201 Å². The number of nitrogens with one attached hydrogen (secondary N) is 1. The zero-order chi connectivity index (χ0) is 23.6. The molecule has 3 heterocycles. The molecule has 0 bridgehead atoms. The van der Waals surface area contributed by atoms with Crippen LogP contribution in [0.5, 0.6) is 0 Å². The summed E-state index contributed by atoms with van der Waals surface area (Å²) in [7, 11) is 0. The van der Waals surface area contributed by atoms with Crippen LogP contribution in [0.2, 0.25) is 0 Å². The van der Waals surface area contributed by atoms with Gasteiger partial charge in [-0.3, -0.25) is 9.59 Å². The van der Waals surface area contributed by atoms with Crippen LogP contribution in [-0.2, 0) is 22.5 Å². The molecule has 6 nitrogen and oxygen atoms in total. The van der Waals surface area contributed by atoms with Crippen LogP contribution in [-0.4, -0.2) is 52.1 Å². The van der Waals surface area contributed by atoms with Crippen LogP contribution in [0.1, 0.15) is 88.0 Å². The van der Waals surface area contributed by atoms with E-state index in [1.807, 2.05) is 31.7 Å². The summed E-state index contributed by atoms with van der Waals surface area (Å²) in [5.41, 5.74) is 0.856. The maximum absolute atomic E-state index is 13.8. The Bertz CT molecular complexity index is 986. The summed E-state index contributed by atoms with van der Waals surface area (Å²) in [6, 6.07) is 4.41. The Balaban J connectivity index is 1.62. The lowest BCUT2D eigenvalue weighted by Crippen LogP contribution is -2.65. The third-order valence-corrected chi connectivity index (χ3v) is 8.39. The number of carbonyl (C=O) groups is 2. The molecule has 2 aliphatic rings. The first-order valence-electron chi connectivity index (χ1n) is 12.7. The van der Waals surface area contributed by atoms with Crippen LogP contribution in [0, 0.1) is 0 Å². The van der Waals surface area contributed by atoms with Crippen LogP contribution < -0.4 is 5.32 Å². The standard InChI is InChI=1S/C26H39N3O3S/c1-5-20-15-21-23(33-20)16-22-24(30)29(13-10-14-32-18(2)3)26(4,17-28(21)22)25(31)27-19-11-8-6-7-9-12-19/h15-16,18-19H,5-14,17H2,1-4H3,(H,27,31). The van der Waals surface area contributed by atoms with E-state index >= 15 is 0 Å². The molecule has 0 saturated heterocycles. The first-order valence-corrected chi connectivity index (χ1v) is 13.5. The second kappa shape index (κ2) is 10.2. The third kappa shape index (κ3) is 4.99. The molecule has 1 aliphatic heterocycles. The minimum Gasteiger partial charge on any atom is -0.379 e. The van der Waals surface area contributed by atoms with Gasteiger partial charge < -0.3 is 19.5 Å². The molecule has 1 aliphatic carbocycles. The summed E-state index contributed by atoms with van der Waals surface area (Å²) in [5.74, 6) is -0.0725. The number of hydrogen-bond acceptors (Lipinski definition) is 4. The number of rotatable bonds is 8. The van der Waals surface area contributed by atoms with E-state index in [4.69, 9.17) is 4.74 Å². The van der Waals surface area contributed by atoms with Crippen molar-refractivity contribution in [1.82, 2.24) is 14.8 Å². The van der Waals surface area contributed by atoms with E-state index in [0.29, 0.717) is 31.8 Å². The first-order chi connectivity index (χ1) is 15.8. The summed E-state index contributed by atoms with van der Waals surface area (Å²) in [5, 5.41) is 3.34. The maximum atomic E-state index is 13.8. The number of ether oxygens (including phenoxy) is 1. The highest BCUT2D eigenvalue weighted by atomic mass is 32.1. The van der Waals surface area contributed by atoms with Crippen molar-refractivity contribution < 1.29 is 14.3 Å². The van der Waals surface area contributed by atoms with Crippen molar-refractivity contribution in [3.05, 3.63) is 22.7 Å². The lowest BCUT2D eigenvalue weighted by Gasteiger charge is -2.44. The van der Waals surface area contributed by atoms with E-state index in [1.54, 1.807) is 11.3 Å². The Morgan fingerprint density at radius 1 is 1.24 bits per heavy atom. The van der Waals surface area contributed by atoms with Crippen LogP contribution in [0.15, 0.2) is 12.1 Å². The number of fused-ring (bicyclic) bond motifs is 3. The Morgan fingerprint density at radius 3 is 2.64 bits per heavy atom. The number of nitrogens with zero attached hydrogens (tertiary/aromatic N) is 2. The fourth-order valence-corrected chi connectivity index (χ4v) is 6.26. The molecule has 2 amide bonds. The quantitative estimate of drug-likeness (QED) is 0.427. The van der Waals surface area contributed by atoms with Crippen LogP contribution in [0.4, 0.5) is 0 Å². The van der Waals surface area contributed by atoms with Gasteiger partial charge in [0.2, 0.25) is 5.91 Å². The fourth-order valence-electron chi connectivity index (χ4n) is 5.22. The smallest absolute Gasteiger partial charge is 0.271 e. The largest absolute Gasteiger partial charge is 0.379 e. The van der Waals surface area contributed by atoms with E-state index in [-0.39, 0.29) is 24.0 Å². The van der Waals surface area contributed by atoms with Crippen LogP contribution >= 0.6 is 11.3 Å². The third-order valence-electron chi connectivity index (χ3n) is 7.17. The first kappa shape index (κ1) is 24.3. The molecule has 7 heteroatoms. The molecular weight excluding hydrogens is 434 g/mol. The van der Waals surface area contributed by atoms with E-state index < -0.39 is 5.54 Å². The average Bonchev–Trinajstić information content (AvgIpc) is 3.22. The summed E-state index contributed by atoms with van der Waals surface area (Å²) >= 11 is 1.75. The van der Waals surface area contributed by atoms with Gasteiger partial charge in [-0.05, 0) is 58.6 Å². The second-order valence-electron chi connectivity index (χ2n) is 10.1. The summed E-state index contributed by atoms with van der Waals surface area (Å²) in [6.45, 7) is 9.71. The molecule has 182 valence electrons. The molecule has 33 heavy (non-hydrogen) atoms. The zero-order valence-corrected chi connectivity index (χ0v) is 21.4. The number of thiophene rings is 1. The predicted octanol–water partition coefficient (Wildman–Crippen LogP) is 5.13. The molecule has 0 spiro atoms. The van der Waals surface area contributed by atoms with Gasteiger partial charge in [0.15, 0.2) is 0 Å². The summed E-state index contributed by atoms with van der Waals surface area (Å²) in [4.78, 5) is 30.6. The van der Waals surface area contributed by atoms with Crippen LogP contribution in [0.3, 0.4) is 0 Å². The normalized spacial score (nSPS) is 22.1. The minimum atomic E-state index is -0.922. The number of aromatic nitrogens is 1. The molecule has 1 N–H and O–H groups in total. The molecule has 0 radical (unpaired) electrons. The summed E-state index contributed by atoms with van der Waals surface area (Å²) < 4.78 is 8.94. The van der Waals surface area contributed by atoms with Crippen molar-refractivity contribution in [3.63, 3.8) is 0 Å². The lowest BCUT2D eigenvalue weighted by atomic mass is 9.93. The molecule has 1 atom stereocenters. The highest BCUT2D eigenvalue weighted by Gasteiger charge is 2.48. The molecule has 2 aromatic heterocycles. The average molecular weight is 474 g/mol. The minimum absolute atomic E-state index is 0.0222. The van der Waals surface area contributed by atoms with Crippen molar-refractivity contribution in [3.8, 4) is 0 Å².